The lowest BCUT2D eigenvalue weighted by Gasteiger charge is -2.12. The fraction of sp³-hybridized carbons (Fsp3) is 0.375. The number of nitrogens with one attached hydrogen (secondary N) is 1. The minimum absolute atomic E-state index is 0.0616. The van der Waals surface area contributed by atoms with Crippen molar-refractivity contribution in [1.29, 1.82) is 0 Å². The van der Waals surface area contributed by atoms with E-state index in [1.165, 1.54) is 13.2 Å². The molecule has 0 aliphatic rings. The van der Waals surface area contributed by atoms with Crippen LogP contribution >= 0.6 is 0 Å². The van der Waals surface area contributed by atoms with E-state index in [0.717, 1.165) is 25.8 Å². The van der Waals surface area contributed by atoms with Crippen LogP contribution in [0, 0.1) is 5.92 Å². The molecule has 2 aromatic carbocycles. The van der Waals surface area contributed by atoms with Gasteiger partial charge in [0.05, 0.1) is 13.7 Å². The molecule has 6 nitrogen and oxygen atoms in total. The standard InChI is InChI=1S/C24H29NO5/c1-17(8-6-7-13-25-16-22(27)19-9-4-3-5-10-19)21(26)15-18-11-12-23(30-2)20(14-18)24(28)29/h3-5,9-12,14,17,25H,6-8,13,15-16H2,1-2H3,(H,28,29)/t17-/m0/s1. The van der Waals surface area contributed by atoms with E-state index >= 15 is 0 Å². The molecule has 0 bridgehead atoms. The number of carbonyl (C=O) groups is 3. The Labute approximate surface area is 177 Å². The van der Waals surface area contributed by atoms with Crippen molar-refractivity contribution in [1.82, 2.24) is 5.32 Å². The second-order valence-electron chi connectivity index (χ2n) is 7.35. The maximum Gasteiger partial charge on any atom is 0.339 e. The van der Waals surface area contributed by atoms with Gasteiger partial charge in [0.2, 0.25) is 0 Å². The first kappa shape index (κ1) is 23.3. The van der Waals surface area contributed by atoms with Crippen LogP contribution in [0.15, 0.2) is 48.5 Å². The highest BCUT2D eigenvalue weighted by molar-refractivity contribution is 5.97. The van der Waals surface area contributed by atoms with Crippen molar-refractivity contribution < 1.29 is 24.2 Å². The van der Waals surface area contributed by atoms with E-state index in [9.17, 15) is 19.5 Å². The predicted molar refractivity (Wildman–Crippen MR) is 115 cm³/mol. The Hall–Kier alpha value is -2.99. The third-order valence-corrected chi connectivity index (χ3v) is 5.04. The highest BCUT2D eigenvalue weighted by Gasteiger charge is 2.16. The molecule has 0 aromatic heterocycles. The molecular formula is C24H29NO5. The zero-order chi connectivity index (χ0) is 21.9. The van der Waals surface area contributed by atoms with Gasteiger partial charge >= 0.3 is 5.97 Å². The van der Waals surface area contributed by atoms with Gasteiger partial charge in [-0.2, -0.15) is 0 Å². The molecule has 0 saturated heterocycles. The van der Waals surface area contributed by atoms with Gasteiger partial charge in [0.1, 0.15) is 17.1 Å². The van der Waals surface area contributed by atoms with Gasteiger partial charge in [-0.05, 0) is 37.1 Å². The summed E-state index contributed by atoms with van der Waals surface area (Å²) in [7, 11) is 1.42. The van der Waals surface area contributed by atoms with Crippen molar-refractivity contribution in [3.8, 4) is 5.75 Å². The van der Waals surface area contributed by atoms with Gasteiger partial charge in [0.15, 0.2) is 5.78 Å². The molecule has 6 heteroatoms. The highest BCUT2D eigenvalue weighted by Crippen LogP contribution is 2.21. The quantitative estimate of drug-likeness (QED) is 0.385. The van der Waals surface area contributed by atoms with Crippen molar-refractivity contribution in [2.45, 2.75) is 32.6 Å². The first-order valence-electron chi connectivity index (χ1n) is 10.1. The molecule has 2 N–H and O–H groups in total. The van der Waals surface area contributed by atoms with Crippen LogP contribution in [0.2, 0.25) is 0 Å². The van der Waals surface area contributed by atoms with Gasteiger partial charge in [-0.15, -0.1) is 0 Å². The lowest BCUT2D eigenvalue weighted by atomic mass is 9.94. The average Bonchev–Trinajstić information content (AvgIpc) is 2.76. The van der Waals surface area contributed by atoms with Crippen LogP contribution in [0.4, 0.5) is 0 Å². The van der Waals surface area contributed by atoms with Crippen LogP contribution in [0.1, 0.15) is 52.5 Å². The van der Waals surface area contributed by atoms with Crippen LogP contribution in [-0.2, 0) is 11.2 Å². The number of carboxylic acid groups (broad SMARTS) is 1. The Kier molecular flexibility index (Phi) is 9.22. The number of methoxy groups -OCH3 is 1. The molecule has 30 heavy (non-hydrogen) atoms. The molecule has 0 fully saturated rings. The van der Waals surface area contributed by atoms with Crippen LogP contribution < -0.4 is 10.1 Å². The molecule has 0 heterocycles. The Balaban J connectivity index is 1.69. The zero-order valence-corrected chi connectivity index (χ0v) is 17.5. The third-order valence-electron chi connectivity index (χ3n) is 5.04. The van der Waals surface area contributed by atoms with E-state index in [4.69, 9.17) is 4.74 Å². The second-order valence-corrected chi connectivity index (χ2v) is 7.35. The van der Waals surface area contributed by atoms with Crippen molar-refractivity contribution in [3.05, 3.63) is 65.2 Å². The SMILES string of the molecule is COc1ccc(CC(=O)[C@@H](C)CCCCNCC(=O)c2ccccc2)cc1C(=O)O. The van der Waals surface area contributed by atoms with Gasteiger partial charge in [0.25, 0.3) is 0 Å². The van der Waals surface area contributed by atoms with Crippen molar-refractivity contribution in [2.75, 3.05) is 20.2 Å². The summed E-state index contributed by atoms with van der Waals surface area (Å²) in [6.45, 7) is 2.93. The smallest absolute Gasteiger partial charge is 0.339 e. The minimum atomic E-state index is -1.08. The second kappa shape index (κ2) is 11.9. The average molecular weight is 411 g/mol. The predicted octanol–water partition coefficient (Wildman–Crippen LogP) is 3.78. The molecule has 0 unspecified atom stereocenters. The normalized spacial score (nSPS) is 11.7. The van der Waals surface area contributed by atoms with Gasteiger partial charge in [-0.3, -0.25) is 9.59 Å². The summed E-state index contributed by atoms with van der Waals surface area (Å²) >= 11 is 0. The number of ether oxygens (including phenoxy) is 1. The molecule has 0 aliphatic heterocycles. The largest absolute Gasteiger partial charge is 0.496 e. The van der Waals surface area contributed by atoms with E-state index in [-0.39, 0.29) is 35.2 Å². The number of Topliss-reactive ketones (excluding diaryl/α,β-unsaturated/α-hetero) is 2. The fourth-order valence-electron chi connectivity index (χ4n) is 3.20. The van der Waals surface area contributed by atoms with Crippen molar-refractivity contribution in [3.63, 3.8) is 0 Å². The number of hydrogen-bond acceptors (Lipinski definition) is 5. The van der Waals surface area contributed by atoms with Crippen LogP contribution in [0.3, 0.4) is 0 Å². The number of carboxylic acids is 1. The van der Waals surface area contributed by atoms with E-state index in [2.05, 4.69) is 5.32 Å². The van der Waals surface area contributed by atoms with Gasteiger partial charge in [-0.25, -0.2) is 4.79 Å². The molecule has 1 atom stereocenters. The van der Waals surface area contributed by atoms with Crippen LogP contribution in [0.5, 0.6) is 5.75 Å². The van der Waals surface area contributed by atoms with E-state index in [1.54, 1.807) is 24.3 Å². The molecule has 0 radical (unpaired) electrons. The summed E-state index contributed by atoms with van der Waals surface area (Å²) in [5.74, 6) is -0.744. The summed E-state index contributed by atoms with van der Waals surface area (Å²) in [6.07, 6.45) is 2.72. The maximum absolute atomic E-state index is 12.5. The lowest BCUT2D eigenvalue weighted by molar-refractivity contribution is -0.121. The topological polar surface area (TPSA) is 92.7 Å². The molecule has 160 valence electrons. The number of hydrogen-bond donors (Lipinski definition) is 2. The minimum Gasteiger partial charge on any atom is -0.496 e. The molecule has 0 amide bonds. The maximum atomic E-state index is 12.5. The highest BCUT2D eigenvalue weighted by atomic mass is 16.5. The molecule has 0 spiro atoms. The molecule has 0 aliphatic carbocycles. The van der Waals surface area contributed by atoms with Crippen LogP contribution in [-0.4, -0.2) is 42.8 Å². The summed E-state index contributed by atoms with van der Waals surface area (Å²) < 4.78 is 5.05. The van der Waals surface area contributed by atoms with E-state index in [0.29, 0.717) is 17.7 Å². The van der Waals surface area contributed by atoms with Gasteiger partial charge in [0, 0.05) is 17.9 Å². The van der Waals surface area contributed by atoms with Crippen LogP contribution in [0.25, 0.3) is 0 Å². The Morgan fingerprint density at radius 3 is 2.47 bits per heavy atom. The first-order valence-corrected chi connectivity index (χ1v) is 10.1. The Morgan fingerprint density at radius 2 is 1.80 bits per heavy atom. The first-order chi connectivity index (χ1) is 14.4. The molecule has 0 saturated carbocycles. The molecule has 2 aromatic rings. The summed E-state index contributed by atoms with van der Waals surface area (Å²) in [5, 5.41) is 12.4. The zero-order valence-electron chi connectivity index (χ0n) is 17.5. The molecule has 2 rings (SSSR count). The fourth-order valence-corrected chi connectivity index (χ4v) is 3.20. The monoisotopic (exact) mass is 411 g/mol. The van der Waals surface area contributed by atoms with E-state index in [1.807, 2.05) is 25.1 Å². The number of unbranched alkanes of at least 4 members (excludes halogenated alkanes) is 1. The lowest BCUT2D eigenvalue weighted by Crippen LogP contribution is -2.24. The Morgan fingerprint density at radius 1 is 1.07 bits per heavy atom. The summed E-state index contributed by atoms with van der Waals surface area (Å²) in [6, 6.07) is 14.0. The number of benzene rings is 2. The molecular weight excluding hydrogens is 382 g/mol. The Bertz CT molecular complexity index is 863. The number of aromatic carboxylic acids is 1. The number of rotatable bonds is 13. The number of ketones is 2. The third kappa shape index (κ3) is 7.12. The summed E-state index contributed by atoms with van der Waals surface area (Å²) in [4.78, 5) is 35.8. The van der Waals surface area contributed by atoms with Gasteiger partial charge < -0.3 is 15.2 Å². The van der Waals surface area contributed by atoms with Crippen molar-refractivity contribution >= 4 is 17.5 Å². The summed E-state index contributed by atoms with van der Waals surface area (Å²) in [5.41, 5.74) is 1.44. The van der Waals surface area contributed by atoms with Gasteiger partial charge in [-0.1, -0.05) is 49.7 Å². The number of carbonyl (C=O) groups excluding carboxylic acids is 2. The van der Waals surface area contributed by atoms with Crippen molar-refractivity contribution in [2.24, 2.45) is 5.92 Å². The van der Waals surface area contributed by atoms with E-state index < -0.39 is 5.97 Å².